The first-order valence-electron chi connectivity index (χ1n) is 9.13. The molecule has 0 radical (unpaired) electrons. The number of hydrogen-bond acceptors (Lipinski definition) is 3. The smallest absolute Gasteiger partial charge is 0.233 e. The summed E-state index contributed by atoms with van der Waals surface area (Å²) in [6.07, 6.45) is 1.14. The SMILES string of the molecule is Cc1ccc2nc(N(CCC[NH+](C)C)C(=O)Cc3ccc(F)cc3)sc2c1. The van der Waals surface area contributed by atoms with Crippen LogP contribution >= 0.6 is 11.3 Å². The number of anilines is 1. The van der Waals surface area contributed by atoms with Crippen LogP contribution in [0.1, 0.15) is 17.5 Å². The number of halogens is 1. The van der Waals surface area contributed by atoms with E-state index in [4.69, 9.17) is 0 Å². The van der Waals surface area contributed by atoms with E-state index < -0.39 is 0 Å². The van der Waals surface area contributed by atoms with Gasteiger partial charge in [-0.2, -0.15) is 0 Å². The summed E-state index contributed by atoms with van der Waals surface area (Å²) in [5.41, 5.74) is 2.90. The molecule has 0 aliphatic rings. The molecule has 0 unspecified atom stereocenters. The first-order chi connectivity index (χ1) is 12.9. The molecule has 3 aromatic rings. The summed E-state index contributed by atoms with van der Waals surface area (Å²) >= 11 is 1.55. The Morgan fingerprint density at radius 3 is 2.63 bits per heavy atom. The van der Waals surface area contributed by atoms with Crippen LogP contribution in [0.25, 0.3) is 10.2 Å². The molecule has 0 aliphatic carbocycles. The van der Waals surface area contributed by atoms with Crippen LogP contribution in [0.4, 0.5) is 9.52 Å². The molecule has 1 heterocycles. The summed E-state index contributed by atoms with van der Waals surface area (Å²) in [6, 6.07) is 12.2. The van der Waals surface area contributed by atoms with E-state index in [2.05, 4.69) is 32.1 Å². The van der Waals surface area contributed by atoms with Gasteiger partial charge in [0.25, 0.3) is 0 Å². The fraction of sp³-hybridized carbons (Fsp3) is 0.333. The highest BCUT2D eigenvalue weighted by Crippen LogP contribution is 2.30. The molecule has 0 bridgehead atoms. The van der Waals surface area contributed by atoms with E-state index in [1.54, 1.807) is 28.4 Å². The predicted molar refractivity (Wildman–Crippen MR) is 109 cm³/mol. The van der Waals surface area contributed by atoms with Crippen LogP contribution in [-0.2, 0) is 11.2 Å². The lowest BCUT2D eigenvalue weighted by molar-refractivity contribution is -0.858. The van der Waals surface area contributed by atoms with Gasteiger partial charge < -0.3 is 4.90 Å². The number of hydrogen-bond donors (Lipinski definition) is 1. The fourth-order valence-electron chi connectivity index (χ4n) is 2.93. The van der Waals surface area contributed by atoms with Gasteiger partial charge in [-0.15, -0.1) is 0 Å². The minimum absolute atomic E-state index is 0.00820. The lowest BCUT2D eigenvalue weighted by Crippen LogP contribution is -3.05. The molecule has 0 saturated heterocycles. The number of aryl methyl sites for hydroxylation is 1. The van der Waals surface area contributed by atoms with E-state index in [-0.39, 0.29) is 18.1 Å². The standard InChI is InChI=1S/C21H24FN3OS/c1-15-5-10-18-19(13-15)27-21(23-18)25(12-4-11-24(2)3)20(26)14-16-6-8-17(22)9-7-16/h5-10,13H,4,11-12,14H2,1-3H3/p+1. The number of benzene rings is 2. The Bertz CT molecular complexity index is 921. The highest BCUT2D eigenvalue weighted by atomic mass is 32.1. The van der Waals surface area contributed by atoms with Gasteiger partial charge in [0.15, 0.2) is 5.13 Å². The largest absolute Gasteiger partial charge is 0.340 e. The lowest BCUT2D eigenvalue weighted by Gasteiger charge is -2.20. The molecular weight excluding hydrogens is 361 g/mol. The molecular formula is C21H25FN3OS+. The Morgan fingerprint density at radius 2 is 1.93 bits per heavy atom. The second kappa shape index (κ2) is 8.59. The summed E-state index contributed by atoms with van der Waals surface area (Å²) in [6.45, 7) is 3.66. The van der Waals surface area contributed by atoms with Crippen molar-refractivity contribution in [3.8, 4) is 0 Å². The van der Waals surface area contributed by atoms with Crippen LogP contribution in [0, 0.1) is 12.7 Å². The molecule has 3 rings (SSSR count). The Labute approximate surface area is 163 Å². The first-order valence-corrected chi connectivity index (χ1v) is 9.95. The molecule has 0 aliphatic heterocycles. The fourth-order valence-corrected chi connectivity index (χ4v) is 4.03. The third-order valence-electron chi connectivity index (χ3n) is 4.39. The summed E-state index contributed by atoms with van der Waals surface area (Å²) in [5, 5.41) is 0.733. The van der Waals surface area contributed by atoms with Gasteiger partial charge in [0.05, 0.1) is 37.3 Å². The van der Waals surface area contributed by atoms with Gasteiger partial charge in [-0.1, -0.05) is 29.5 Å². The van der Waals surface area contributed by atoms with Gasteiger partial charge in [0.2, 0.25) is 5.91 Å². The van der Waals surface area contributed by atoms with Crippen molar-refractivity contribution in [2.75, 3.05) is 32.1 Å². The quantitative estimate of drug-likeness (QED) is 0.678. The number of rotatable bonds is 7. The van der Waals surface area contributed by atoms with Crippen molar-refractivity contribution in [1.82, 2.24) is 4.98 Å². The maximum Gasteiger partial charge on any atom is 0.233 e. The molecule has 1 amide bonds. The highest BCUT2D eigenvalue weighted by Gasteiger charge is 2.20. The van der Waals surface area contributed by atoms with Crippen LogP contribution in [0.3, 0.4) is 0 Å². The van der Waals surface area contributed by atoms with E-state index in [0.717, 1.165) is 33.9 Å². The molecule has 0 saturated carbocycles. The normalized spacial score (nSPS) is 11.3. The van der Waals surface area contributed by atoms with Gasteiger partial charge in [-0.3, -0.25) is 9.69 Å². The van der Waals surface area contributed by atoms with E-state index in [9.17, 15) is 9.18 Å². The Balaban J connectivity index is 1.84. The average molecular weight is 387 g/mol. The zero-order chi connectivity index (χ0) is 19.4. The number of amides is 1. The van der Waals surface area contributed by atoms with Gasteiger partial charge in [-0.25, -0.2) is 9.37 Å². The Kier molecular flexibility index (Phi) is 6.19. The van der Waals surface area contributed by atoms with Gasteiger partial charge in [0, 0.05) is 13.0 Å². The third-order valence-corrected chi connectivity index (χ3v) is 5.43. The topological polar surface area (TPSA) is 37.6 Å². The molecule has 4 nitrogen and oxygen atoms in total. The van der Waals surface area contributed by atoms with Crippen LogP contribution in [0.15, 0.2) is 42.5 Å². The molecule has 1 aromatic heterocycles. The second-order valence-electron chi connectivity index (χ2n) is 7.13. The Hall–Kier alpha value is -2.31. The van der Waals surface area contributed by atoms with Crippen molar-refractivity contribution in [1.29, 1.82) is 0 Å². The maximum absolute atomic E-state index is 13.1. The summed E-state index contributed by atoms with van der Waals surface area (Å²) in [4.78, 5) is 20.8. The first kappa shape index (κ1) is 19.5. The number of aromatic nitrogens is 1. The minimum Gasteiger partial charge on any atom is -0.340 e. The van der Waals surface area contributed by atoms with Crippen molar-refractivity contribution >= 4 is 32.6 Å². The van der Waals surface area contributed by atoms with E-state index in [1.165, 1.54) is 22.6 Å². The summed E-state index contributed by atoms with van der Waals surface area (Å²) in [7, 11) is 4.20. The van der Waals surface area contributed by atoms with Crippen LogP contribution in [-0.4, -0.2) is 38.1 Å². The number of nitrogens with zero attached hydrogens (tertiary/aromatic N) is 2. The molecule has 2 aromatic carbocycles. The van der Waals surface area contributed by atoms with Gasteiger partial charge in [-0.05, 0) is 42.3 Å². The molecule has 1 N–H and O–H groups in total. The molecule has 6 heteroatoms. The minimum atomic E-state index is -0.293. The monoisotopic (exact) mass is 386 g/mol. The molecule has 27 heavy (non-hydrogen) atoms. The number of nitrogens with one attached hydrogen (secondary N) is 1. The molecule has 0 fully saturated rings. The van der Waals surface area contributed by atoms with Crippen LogP contribution in [0.2, 0.25) is 0 Å². The molecule has 0 atom stereocenters. The lowest BCUT2D eigenvalue weighted by atomic mass is 10.1. The third kappa shape index (κ3) is 5.11. The Morgan fingerprint density at radius 1 is 1.19 bits per heavy atom. The van der Waals surface area contributed by atoms with Crippen molar-refractivity contribution < 1.29 is 14.1 Å². The van der Waals surface area contributed by atoms with Crippen molar-refractivity contribution in [2.24, 2.45) is 0 Å². The van der Waals surface area contributed by atoms with Crippen molar-refractivity contribution in [2.45, 2.75) is 19.8 Å². The van der Waals surface area contributed by atoms with E-state index in [1.807, 2.05) is 12.1 Å². The van der Waals surface area contributed by atoms with Gasteiger partial charge in [0.1, 0.15) is 5.82 Å². The van der Waals surface area contributed by atoms with Crippen LogP contribution in [0.5, 0.6) is 0 Å². The van der Waals surface area contributed by atoms with E-state index in [0.29, 0.717) is 6.54 Å². The maximum atomic E-state index is 13.1. The summed E-state index contributed by atoms with van der Waals surface area (Å²) in [5.74, 6) is -0.301. The number of fused-ring (bicyclic) bond motifs is 1. The average Bonchev–Trinajstić information content (AvgIpc) is 3.03. The highest BCUT2D eigenvalue weighted by molar-refractivity contribution is 7.22. The number of carbonyl (C=O) groups is 1. The van der Waals surface area contributed by atoms with E-state index >= 15 is 0 Å². The van der Waals surface area contributed by atoms with Crippen LogP contribution < -0.4 is 9.80 Å². The molecule has 142 valence electrons. The van der Waals surface area contributed by atoms with Crippen molar-refractivity contribution in [3.05, 3.63) is 59.4 Å². The van der Waals surface area contributed by atoms with Gasteiger partial charge >= 0.3 is 0 Å². The predicted octanol–water partition coefficient (Wildman–Crippen LogP) is 2.85. The number of carbonyl (C=O) groups excluding carboxylic acids is 1. The molecule has 0 spiro atoms. The number of thiazole rings is 1. The zero-order valence-corrected chi connectivity index (χ0v) is 16.8. The number of quaternary nitrogens is 1. The zero-order valence-electron chi connectivity index (χ0n) is 16.0. The summed E-state index contributed by atoms with van der Waals surface area (Å²) < 4.78 is 14.2. The second-order valence-corrected chi connectivity index (χ2v) is 8.14. The van der Waals surface area contributed by atoms with Crippen molar-refractivity contribution in [3.63, 3.8) is 0 Å².